The number of para-hydroxylation sites is 2. The zero-order chi connectivity index (χ0) is 19.3. The molecule has 0 N–H and O–H groups in total. The first-order valence-corrected chi connectivity index (χ1v) is 8.34. The van der Waals surface area contributed by atoms with E-state index in [4.69, 9.17) is 9.47 Å². The van der Waals surface area contributed by atoms with Crippen LogP contribution in [-0.4, -0.2) is 29.7 Å². The molecule has 0 saturated carbocycles. The minimum atomic E-state index is -4.60. The third-order valence-electron chi connectivity index (χ3n) is 3.77. The molecule has 1 atom stereocenters. The highest BCUT2D eigenvalue weighted by molar-refractivity contribution is 5.68. The van der Waals surface area contributed by atoms with Crippen LogP contribution in [0.4, 0.5) is 24.7 Å². The number of nitrogens with zero attached hydrogens (tertiary/aromatic N) is 3. The van der Waals surface area contributed by atoms with Gasteiger partial charge in [-0.3, -0.25) is 0 Å². The molecule has 1 aromatic carbocycles. The minimum absolute atomic E-state index is 0.0731. The summed E-state index contributed by atoms with van der Waals surface area (Å²) in [4.78, 5) is 8.95. The highest BCUT2D eigenvalue weighted by Crippen LogP contribution is 2.40. The van der Waals surface area contributed by atoms with E-state index in [0.29, 0.717) is 11.4 Å². The lowest BCUT2D eigenvalue weighted by Gasteiger charge is -2.25. The van der Waals surface area contributed by atoms with E-state index in [1.165, 1.54) is 11.9 Å². The van der Waals surface area contributed by atoms with E-state index < -0.39 is 11.7 Å². The Morgan fingerprint density at radius 2 is 1.88 bits per heavy atom. The summed E-state index contributed by atoms with van der Waals surface area (Å²) in [6.07, 6.45) is -3.16. The maximum absolute atomic E-state index is 13.4. The second kappa shape index (κ2) is 8.25. The maximum atomic E-state index is 13.4. The van der Waals surface area contributed by atoms with Crippen molar-refractivity contribution < 1.29 is 22.6 Å². The molecule has 0 aliphatic rings. The maximum Gasteiger partial charge on any atom is 0.421 e. The third kappa shape index (κ3) is 4.56. The molecule has 0 saturated heterocycles. The molecule has 1 heterocycles. The van der Waals surface area contributed by atoms with E-state index in [9.17, 15) is 13.2 Å². The van der Waals surface area contributed by atoms with Gasteiger partial charge in [-0.25, -0.2) is 4.98 Å². The fourth-order valence-electron chi connectivity index (χ4n) is 2.26. The number of aromatic nitrogens is 2. The quantitative estimate of drug-likeness (QED) is 0.699. The molecule has 1 unspecified atom stereocenters. The average molecular weight is 369 g/mol. The zero-order valence-electron chi connectivity index (χ0n) is 15.2. The average Bonchev–Trinajstić information content (AvgIpc) is 2.60. The molecule has 0 fully saturated rings. The zero-order valence-corrected chi connectivity index (χ0v) is 15.2. The standard InChI is InChI=1S/C18H22F3N3O2/c1-5-12(3)26-15-10-8-7-9-14(15)24(4)16-13(18(19,20)21)11-22-17(23-16)25-6-2/h7-12H,5-6H2,1-4H3. The van der Waals surface area contributed by atoms with Gasteiger partial charge in [-0.2, -0.15) is 18.2 Å². The first kappa shape index (κ1) is 19.8. The van der Waals surface area contributed by atoms with Gasteiger partial charge in [-0.15, -0.1) is 0 Å². The van der Waals surface area contributed by atoms with Crippen LogP contribution in [0.25, 0.3) is 0 Å². The Balaban J connectivity index is 2.52. The Morgan fingerprint density at radius 1 is 1.19 bits per heavy atom. The summed E-state index contributed by atoms with van der Waals surface area (Å²) in [6, 6.07) is 6.79. The van der Waals surface area contributed by atoms with Crippen LogP contribution in [0.2, 0.25) is 0 Å². The number of ether oxygens (including phenoxy) is 2. The van der Waals surface area contributed by atoms with Gasteiger partial charge in [0.1, 0.15) is 11.3 Å². The summed E-state index contributed by atoms with van der Waals surface area (Å²) >= 11 is 0. The van der Waals surface area contributed by atoms with Crippen LogP contribution in [0.1, 0.15) is 32.8 Å². The lowest BCUT2D eigenvalue weighted by molar-refractivity contribution is -0.137. The number of hydrogen-bond acceptors (Lipinski definition) is 5. The Morgan fingerprint density at radius 3 is 2.50 bits per heavy atom. The lowest BCUT2D eigenvalue weighted by atomic mass is 10.2. The van der Waals surface area contributed by atoms with Crippen LogP contribution in [0.15, 0.2) is 30.5 Å². The molecule has 0 radical (unpaired) electrons. The van der Waals surface area contributed by atoms with Crippen molar-refractivity contribution in [3.05, 3.63) is 36.0 Å². The fourth-order valence-corrected chi connectivity index (χ4v) is 2.26. The molecule has 8 heteroatoms. The SMILES string of the molecule is CCOc1ncc(C(F)(F)F)c(N(C)c2ccccc2OC(C)CC)n1. The summed E-state index contributed by atoms with van der Waals surface area (Å²) in [5.41, 5.74) is -0.471. The van der Waals surface area contributed by atoms with E-state index in [1.807, 2.05) is 13.8 Å². The largest absolute Gasteiger partial charge is 0.489 e. The smallest absolute Gasteiger partial charge is 0.421 e. The fraction of sp³-hybridized carbons (Fsp3) is 0.444. The van der Waals surface area contributed by atoms with Crippen molar-refractivity contribution in [2.45, 2.75) is 39.5 Å². The second-order valence-corrected chi connectivity index (χ2v) is 5.68. The van der Waals surface area contributed by atoms with E-state index in [1.54, 1.807) is 31.2 Å². The Hall–Kier alpha value is -2.51. The number of hydrogen-bond donors (Lipinski definition) is 0. The lowest BCUT2D eigenvalue weighted by Crippen LogP contribution is -2.21. The van der Waals surface area contributed by atoms with Gasteiger partial charge in [0.15, 0.2) is 5.82 Å². The topological polar surface area (TPSA) is 47.5 Å². The number of rotatable bonds is 7. The van der Waals surface area contributed by atoms with Crippen LogP contribution in [0, 0.1) is 0 Å². The van der Waals surface area contributed by atoms with E-state index in [-0.39, 0.29) is 24.5 Å². The first-order chi connectivity index (χ1) is 12.3. The summed E-state index contributed by atoms with van der Waals surface area (Å²) in [6.45, 7) is 5.83. The van der Waals surface area contributed by atoms with Gasteiger partial charge in [0.2, 0.25) is 0 Å². The molecule has 5 nitrogen and oxygen atoms in total. The van der Waals surface area contributed by atoms with Crippen LogP contribution in [-0.2, 0) is 6.18 Å². The summed E-state index contributed by atoms with van der Waals surface area (Å²) in [5.74, 6) is 0.185. The molecule has 26 heavy (non-hydrogen) atoms. The van der Waals surface area contributed by atoms with Crippen molar-refractivity contribution in [1.29, 1.82) is 0 Å². The molecule has 142 valence electrons. The molecule has 0 aliphatic carbocycles. The number of benzene rings is 1. The van der Waals surface area contributed by atoms with Crippen LogP contribution in [0.5, 0.6) is 11.8 Å². The van der Waals surface area contributed by atoms with Crippen molar-refractivity contribution in [2.24, 2.45) is 0 Å². The van der Waals surface area contributed by atoms with Crippen molar-refractivity contribution >= 4 is 11.5 Å². The van der Waals surface area contributed by atoms with Gasteiger partial charge in [-0.05, 0) is 32.4 Å². The van der Waals surface area contributed by atoms with Crippen LogP contribution in [0.3, 0.4) is 0 Å². The van der Waals surface area contributed by atoms with Crippen LogP contribution >= 0.6 is 0 Å². The number of anilines is 2. The van der Waals surface area contributed by atoms with E-state index in [2.05, 4.69) is 9.97 Å². The number of alkyl halides is 3. The van der Waals surface area contributed by atoms with Crippen LogP contribution < -0.4 is 14.4 Å². The van der Waals surface area contributed by atoms with Gasteiger partial charge in [0.05, 0.1) is 18.4 Å². The Bertz CT molecular complexity index is 738. The highest BCUT2D eigenvalue weighted by Gasteiger charge is 2.37. The predicted molar refractivity (Wildman–Crippen MR) is 93.1 cm³/mol. The highest BCUT2D eigenvalue weighted by atomic mass is 19.4. The molecular weight excluding hydrogens is 347 g/mol. The molecule has 0 amide bonds. The van der Waals surface area contributed by atoms with Crippen molar-refractivity contribution in [3.8, 4) is 11.8 Å². The molecule has 0 spiro atoms. The van der Waals surface area contributed by atoms with Gasteiger partial charge < -0.3 is 14.4 Å². The molecule has 0 bridgehead atoms. The molecular formula is C18H22F3N3O2. The van der Waals surface area contributed by atoms with Gasteiger partial charge in [0.25, 0.3) is 0 Å². The monoisotopic (exact) mass is 369 g/mol. The normalized spacial score (nSPS) is 12.6. The van der Waals surface area contributed by atoms with E-state index in [0.717, 1.165) is 12.6 Å². The molecule has 2 rings (SSSR count). The summed E-state index contributed by atoms with van der Waals surface area (Å²) in [5, 5.41) is 0. The molecule has 2 aromatic rings. The Labute approximate surface area is 150 Å². The number of halogens is 3. The Kier molecular flexibility index (Phi) is 6.28. The molecule has 1 aromatic heterocycles. The van der Waals surface area contributed by atoms with Crippen molar-refractivity contribution in [1.82, 2.24) is 9.97 Å². The first-order valence-electron chi connectivity index (χ1n) is 8.34. The van der Waals surface area contributed by atoms with Crippen molar-refractivity contribution in [3.63, 3.8) is 0 Å². The minimum Gasteiger partial charge on any atom is -0.489 e. The summed E-state index contributed by atoms with van der Waals surface area (Å²) in [7, 11) is 1.51. The second-order valence-electron chi connectivity index (χ2n) is 5.68. The van der Waals surface area contributed by atoms with Gasteiger partial charge >= 0.3 is 12.2 Å². The predicted octanol–water partition coefficient (Wildman–Crippen LogP) is 4.84. The summed E-state index contributed by atoms with van der Waals surface area (Å²) < 4.78 is 51.3. The van der Waals surface area contributed by atoms with E-state index >= 15 is 0 Å². The third-order valence-corrected chi connectivity index (χ3v) is 3.77. The van der Waals surface area contributed by atoms with Gasteiger partial charge in [-0.1, -0.05) is 19.1 Å². The molecule has 0 aliphatic heterocycles. The van der Waals surface area contributed by atoms with Gasteiger partial charge in [0, 0.05) is 13.2 Å². The van der Waals surface area contributed by atoms with Crippen molar-refractivity contribution in [2.75, 3.05) is 18.6 Å².